The lowest BCUT2D eigenvalue weighted by Crippen LogP contribution is -1.98. The summed E-state index contributed by atoms with van der Waals surface area (Å²) in [6, 6.07) is 0. The van der Waals surface area contributed by atoms with Crippen molar-refractivity contribution in [2.45, 2.75) is 123 Å². The van der Waals surface area contributed by atoms with Crippen molar-refractivity contribution >= 4 is 0 Å². The lowest BCUT2D eigenvalue weighted by molar-refractivity contribution is 0.402. The Bertz CT molecular complexity index is 265. The fourth-order valence-corrected chi connectivity index (χ4v) is 3.64. The van der Waals surface area contributed by atoms with Gasteiger partial charge in [0.2, 0.25) is 0 Å². The standard InChI is InChI=1S/C25H48/c1-5-7-9-11-13-15-17-21-25(4)23-19-18-22-24(3)20-16-14-12-10-8-6-2/h7,9,24-25H,1-2,5-6,8,10-23H2,3-4H3/b9-7+. The molecular formula is C25H48. The topological polar surface area (TPSA) is 0 Å². The Morgan fingerprint density at radius 1 is 0.560 bits per heavy atom. The SMILES string of the molecule is [CH2]C/C=C/CCCCCC(C)CCCCC(C)CCCCCCC[CH2]. The molecule has 0 aromatic heterocycles. The summed E-state index contributed by atoms with van der Waals surface area (Å²) in [5.41, 5.74) is 0. The maximum atomic E-state index is 3.92. The molecule has 0 fully saturated rings. The zero-order chi connectivity index (χ0) is 18.6. The van der Waals surface area contributed by atoms with Gasteiger partial charge >= 0.3 is 0 Å². The Hall–Kier alpha value is -0.260. The van der Waals surface area contributed by atoms with Gasteiger partial charge < -0.3 is 0 Å². The van der Waals surface area contributed by atoms with Crippen LogP contribution < -0.4 is 0 Å². The van der Waals surface area contributed by atoms with E-state index in [4.69, 9.17) is 0 Å². The van der Waals surface area contributed by atoms with E-state index in [-0.39, 0.29) is 0 Å². The van der Waals surface area contributed by atoms with Crippen LogP contribution in [0.4, 0.5) is 0 Å². The number of unbranched alkanes of at least 4 members (excludes halogenated alkanes) is 9. The van der Waals surface area contributed by atoms with E-state index >= 15 is 0 Å². The third-order valence-corrected chi connectivity index (χ3v) is 5.49. The Kier molecular flexibility index (Phi) is 19.8. The van der Waals surface area contributed by atoms with E-state index < -0.39 is 0 Å². The highest BCUT2D eigenvalue weighted by molar-refractivity contribution is 4.81. The molecule has 0 aliphatic carbocycles. The summed E-state index contributed by atoms with van der Waals surface area (Å²) >= 11 is 0. The van der Waals surface area contributed by atoms with Crippen molar-refractivity contribution in [3.63, 3.8) is 0 Å². The smallest absolute Gasteiger partial charge is 0.0351 e. The normalized spacial score (nSPS) is 14.2. The lowest BCUT2D eigenvalue weighted by Gasteiger charge is -2.13. The maximum Gasteiger partial charge on any atom is -0.0351 e. The van der Waals surface area contributed by atoms with Crippen LogP contribution in [0.25, 0.3) is 0 Å². The molecule has 0 saturated carbocycles. The molecule has 0 aromatic carbocycles. The van der Waals surface area contributed by atoms with Crippen molar-refractivity contribution in [3.05, 3.63) is 26.0 Å². The predicted molar refractivity (Wildman–Crippen MR) is 117 cm³/mol. The fraction of sp³-hybridized carbons (Fsp3) is 0.840. The Labute approximate surface area is 161 Å². The highest BCUT2D eigenvalue weighted by atomic mass is 14.1. The number of rotatable bonds is 19. The van der Waals surface area contributed by atoms with Gasteiger partial charge in [0, 0.05) is 0 Å². The second-order valence-corrected chi connectivity index (χ2v) is 8.30. The molecule has 25 heavy (non-hydrogen) atoms. The van der Waals surface area contributed by atoms with Crippen LogP contribution in [0.5, 0.6) is 0 Å². The third kappa shape index (κ3) is 19.9. The molecule has 0 saturated heterocycles. The van der Waals surface area contributed by atoms with Gasteiger partial charge in [-0.25, -0.2) is 0 Å². The van der Waals surface area contributed by atoms with Crippen LogP contribution in [0.2, 0.25) is 0 Å². The number of allylic oxidation sites excluding steroid dienone is 2. The maximum absolute atomic E-state index is 3.92. The molecule has 0 nitrogen and oxygen atoms in total. The number of hydrogen-bond donors (Lipinski definition) is 0. The Balaban J connectivity index is 3.32. The lowest BCUT2D eigenvalue weighted by atomic mass is 9.93. The first kappa shape index (κ1) is 24.7. The summed E-state index contributed by atoms with van der Waals surface area (Å²) in [6.45, 7) is 12.7. The molecule has 0 aromatic rings. The summed E-state index contributed by atoms with van der Waals surface area (Å²) in [7, 11) is 0. The molecule has 0 heterocycles. The summed E-state index contributed by atoms with van der Waals surface area (Å²) in [5.74, 6) is 1.87. The first-order valence-electron chi connectivity index (χ1n) is 11.4. The monoisotopic (exact) mass is 348 g/mol. The minimum Gasteiger partial charge on any atom is -0.0885 e. The first-order chi connectivity index (χ1) is 12.2. The van der Waals surface area contributed by atoms with Gasteiger partial charge in [0.05, 0.1) is 0 Å². The van der Waals surface area contributed by atoms with Gasteiger partial charge in [0.15, 0.2) is 0 Å². The van der Waals surface area contributed by atoms with E-state index in [1.165, 1.54) is 96.3 Å². The van der Waals surface area contributed by atoms with E-state index in [9.17, 15) is 0 Å². The molecule has 2 radical (unpaired) electrons. The average molecular weight is 349 g/mol. The van der Waals surface area contributed by atoms with E-state index in [1.807, 2.05) is 0 Å². The van der Waals surface area contributed by atoms with Crippen molar-refractivity contribution in [1.29, 1.82) is 0 Å². The molecule has 0 rings (SSSR count). The second-order valence-electron chi connectivity index (χ2n) is 8.30. The minimum atomic E-state index is 0.929. The van der Waals surface area contributed by atoms with E-state index in [0.717, 1.165) is 24.7 Å². The predicted octanol–water partition coefficient (Wildman–Crippen LogP) is 9.11. The molecule has 148 valence electrons. The highest BCUT2D eigenvalue weighted by Gasteiger charge is 2.05. The molecule has 0 bridgehead atoms. The van der Waals surface area contributed by atoms with Crippen molar-refractivity contribution in [2.75, 3.05) is 0 Å². The average Bonchev–Trinajstić information content (AvgIpc) is 2.61. The van der Waals surface area contributed by atoms with Gasteiger partial charge in [-0.05, 0) is 38.0 Å². The van der Waals surface area contributed by atoms with E-state index in [0.29, 0.717) is 0 Å². The van der Waals surface area contributed by atoms with Crippen LogP contribution in [-0.2, 0) is 0 Å². The van der Waals surface area contributed by atoms with E-state index in [2.05, 4.69) is 39.8 Å². The van der Waals surface area contributed by atoms with Crippen LogP contribution in [0, 0.1) is 25.7 Å². The van der Waals surface area contributed by atoms with Crippen molar-refractivity contribution in [3.8, 4) is 0 Å². The minimum absolute atomic E-state index is 0.929. The van der Waals surface area contributed by atoms with Gasteiger partial charge in [-0.3, -0.25) is 0 Å². The molecule has 0 N–H and O–H groups in total. The number of hydrogen-bond acceptors (Lipinski definition) is 0. The van der Waals surface area contributed by atoms with Crippen LogP contribution in [0.15, 0.2) is 12.2 Å². The quantitative estimate of drug-likeness (QED) is 0.161. The largest absolute Gasteiger partial charge is 0.0885 e. The van der Waals surface area contributed by atoms with Gasteiger partial charge in [0.25, 0.3) is 0 Å². The van der Waals surface area contributed by atoms with Crippen LogP contribution in [0.3, 0.4) is 0 Å². The van der Waals surface area contributed by atoms with Crippen LogP contribution >= 0.6 is 0 Å². The van der Waals surface area contributed by atoms with Crippen molar-refractivity contribution in [1.82, 2.24) is 0 Å². The highest BCUT2D eigenvalue weighted by Crippen LogP contribution is 2.21. The second kappa shape index (κ2) is 20.1. The molecule has 0 spiro atoms. The molecule has 0 heteroatoms. The molecule has 2 unspecified atom stereocenters. The molecule has 0 aliphatic rings. The third-order valence-electron chi connectivity index (χ3n) is 5.49. The van der Waals surface area contributed by atoms with Crippen LogP contribution in [0.1, 0.15) is 123 Å². The summed E-state index contributed by atoms with van der Waals surface area (Å²) in [5, 5.41) is 0. The Morgan fingerprint density at radius 3 is 1.52 bits per heavy atom. The molecular weight excluding hydrogens is 300 g/mol. The van der Waals surface area contributed by atoms with E-state index in [1.54, 1.807) is 0 Å². The Morgan fingerprint density at radius 2 is 1.00 bits per heavy atom. The van der Waals surface area contributed by atoms with Crippen LogP contribution in [-0.4, -0.2) is 0 Å². The zero-order valence-corrected chi connectivity index (χ0v) is 17.7. The van der Waals surface area contributed by atoms with Gasteiger partial charge in [-0.1, -0.05) is 123 Å². The summed E-state index contributed by atoms with van der Waals surface area (Å²) in [4.78, 5) is 0. The zero-order valence-electron chi connectivity index (χ0n) is 17.7. The molecule has 0 amide bonds. The van der Waals surface area contributed by atoms with Gasteiger partial charge in [-0.15, -0.1) is 0 Å². The summed E-state index contributed by atoms with van der Waals surface area (Å²) in [6.07, 6.45) is 27.6. The van der Waals surface area contributed by atoms with Crippen molar-refractivity contribution < 1.29 is 0 Å². The van der Waals surface area contributed by atoms with Gasteiger partial charge in [-0.2, -0.15) is 0 Å². The van der Waals surface area contributed by atoms with Gasteiger partial charge in [0.1, 0.15) is 0 Å². The fourth-order valence-electron chi connectivity index (χ4n) is 3.64. The summed E-state index contributed by atoms with van der Waals surface area (Å²) < 4.78 is 0. The molecule has 2 atom stereocenters. The van der Waals surface area contributed by atoms with Crippen molar-refractivity contribution in [2.24, 2.45) is 11.8 Å². The molecule has 0 aliphatic heterocycles. The first-order valence-corrected chi connectivity index (χ1v) is 11.4.